The van der Waals surface area contributed by atoms with Gasteiger partial charge in [-0.3, -0.25) is 0 Å². The van der Waals surface area contributed by atoms with Gasteiger partial charge in [-0.05, 0) is 68.5 Å². The van der Waals surface area contributed by atoms with Crippen LogP contribution in [0.5, 0.6) is 0 Å². The van der Waals surface area contributed by atoms with Crippen LogP contribution in [0, 0.1) is 6.92 Å². The topological polar surface area (TPSA) is 54.3 Å². The highest BCUT2D eigenvalue weighted by atomic mass is 16.3. The van der Waals surface area contributed by atoms with E-state index in [9.17, 15) is 4.79 Å². The molecule has 0 fully saturated rings. The molecule has 0 radical (unpaired) electrons. The van der Waals surface area contributed by atoms with Crippen molar-refractivity contribution in [3.63, 3.8) is 0 Å². The van der Waals surface area contributed by atoms with Gasteiger partial charge in [0.25, 0.3) is 0 Å². The normalized spacial score (nSPS) is 14.6. The van der Waals surface area contributed by atoms with E-state index in [-0.39, 0.29) is 12.1 Å². The smallest absolute Gasteiger partial charge is 0.319 e. The summed E-state index contributed by atoms with van der Waals surface area (Å²) in [6.07, 6.45) is 3.46. The number of hydrogen-bond acceptors (Lipinski definition) is 2. The van der Waals surface area contributed by atoms with Gasteiger partial charge in [0.1, 0.15) is 11.5 Å². The number of rotatable bonds is 3. The first-order valence-corrected chi connectivity index (χ1v) is 7.37. The van der Waals surface area contributed by atoms with E-state index in [4.69, 9.17) is 4.42 Å². The summed E-state index contributed by atoms with van der Waals surface area (Å²) in [6, 6.07) is 9.55. The van der Waals surface area contributed by atoms with Crippen LogP contribution in [-0.2, 0) is 12.8 Å². The molecule has 0 saturated carbocycles. The molecule has 1 aliphatic rings. The highest BCUT2D eigenvalue weighted by Gasteiger charge is 2.14. The molecular weight excluding hydrogens is 264 g/mol. The van der Waals surface area contributed by atoms with Crippen molar-refractivity contribution in [2.75, 3.05) is 5.32 Å². The molecule has 3 rings (SSSR count). The van der Waals surface area contributed by atoms with Gasteiger partial charge < -0.3 is 15.1 Å². The molecule has 4 heteroatoms. The summed E-state index contributed by atoms with van der Waals surface area (Å²) in [5, 5.41) is 5.77. The first-order chi connectivity index (χ1) is 10.1. The van der Waals surface area contributed by atoms with Crippen LogP contribution in [0.4, 0.5) is 10.5 Å². The Hall–Kier alpha value is -2.23. The molecular formula is C17H20N2O2. The van der Waals surface area contributed by atoms with E-state index in [0.29, 0.717) is 0 Å². The minimum Gasteiger partial charge on any atom is -0.464 e. The van der Waals surface area contributed by atoms with Gasteiger partial charge in [-0.25, -0.2) is 4.79 Å². The van der Waals surface area contributed by atoms with Crippen molar-refractivity contribution in [1.82, 2.24) is 5.32 Å². The fourth-order valence-electron chi connectivity index (χ4n) is 2.77. The van der Waals surface area contributed by atoms with Gasteiger partial charge in [-0.15, -0.1) is 0 Å². The molecule has 0 saturated heterocycles. The van der Waals surface area contributed by atoms with Crippen LogP contribution < -0.4 is 10.6 Å². The highest BCUT2D eigenvalue weighted by molar-refractivity contribution is 5.89. The molecule has 2 N–H and O–H groups in total. The first kappa shape index (κ1) is 13.7. The van der Waals surface area contributed by atoms with E-state index in [1.165, 1.54) is 17.5 Å². The minimum atomic E-state index is -0.213. The molecule has 1 heterocycles. The predicted octanol–water partition coefficient (Wildman–Crippen LogP) is 3.96. The zero-order valence-electron chi connectivity index (χ0n) is 12.4. The Morgan fingerprint density at radius 3 is 2.76 bits per heavy atom. The Balaban J connectivity index is 1.61. The number of urea groups is 1. The van der Waals surface area contributed by atoms with E-state index in [1.54, 1.807) is 0 Å². The van der Waals surface area contributed by atoms with Crippen molar-refractivity contribution >= 4 is 11.7 Å². The average Bonchev–Trinajstić information content (AvgIpc) is 3.06. The molecule has 2 aromatic rings. The monoisotopic (exact) mass is 284 g/mol. The molecule has 1 aromatic heterocycles. The van der Waals surface area contributed by atoms with Crippen molar-refractivity contribution in [3.8, 4) is 0 Å². The minimum absolute atomic E-state index is 0.159. The standard InChI is InChI=1S/C17H20N2O2/c1-11-6-9-16(21-11)12(2)18-17(20)19-15-8-7-13-4-3-5-14(13)10-15/h6-10,12H,3-5H2,1-2H3,(H2,18,19,20)/t12-/m0/s1. The summed E-state index contributed by atoms with van der Waals surface area (Å²) in [5.74, 6) is 1.61. The van der Waals surface area contributed by atoms with Crippen LogP contribution in [0.1, 0.15) is 42.0 Å². The van der Waals surface area contributed by atoms with Gasteiger partial charge in [0.2, 0.25) is 0 Å². The summed E-state index contributed by atoms with van der Waals surface area (Å²) < 4.78 is 5.51. The maximum absolute atomic E-state index is 12.0. The maximum Gasteiger partial charge on any atom is 0.319 e. The number of hydrogen-bond donors (Lipinski definition) is 2. The molecule has 1 atom stereocenters. The second-order valence-electron chi connectivity index (χ2n) is 5.61. The van der Waals surface area contributed by atoms with E-state index in [0.717, 1.165) is 30.0 Å². The van der Waals surface area contributed by atoms with Gasteiger partial charge in [-0.1, -0.05) is 6.07 Å². The number of fused-ring (bicyclic) bond motifs is 1. The lowest BCUT2D eigenvalue weighted by Gasteiger charge is -2.13. The molecule has 0 aliphatic heterocycles. The number of carbonyl (C=O) groups excluding carboxylic acids is 1. The lowest BCUT2D eigenvalue weighted by molar-refractivity contribution is 0.247. The lowest BCUT2D eigenvalue weighted by atomic mass is 10.1. The summed E-state index contributed by atoms with van der Waals surface area (Å²) in [4.78, 5) is 12.0. The van der Waals surface area contributed by atoms with Gasteiger partial charge in [0.05, 0.1) is 6.04 Å². The zero-order valence-corrected chi connectivity index (χ0v) is 12.4. The number of aryl methyl sites for hydroxylation is 3. The molecule has 2 amide bonds. The van der Waals surface area contributed by atoms with E-state index in [1.807, 2.05) is 32.0 Å². The van der Waals surface area contributed by atoms with Crippen molar-refractivity contribution in [2.24, 2.45) is 0 Å². The van der Waals surface area contributed by atoms with Gasteiger partial charge in [0, 0.05) is 5.69 Å². The van der Waals surface area contributed by atoms with Crippen LogP contribution in [0.3, 0.4) is 0 Å². The maximum atomic E-state index is 12.0. The first-order valence-electron chi connectivity index (χ1n) is 7.37. The molecule has 21 heavy (non-hydrogen) atoms. The number of benzene rings is 1. The zero-order chi connectivity index (χ0) is 14.8. The Morgan fingerprint density at radius 2 is 2.00 bits per heavy atom. The lowest BCUT2D eigenvalue weighted by Crippen LogP contribution is -2.31. The second-order valence-corrected chi connectivity index (χ2v) is 5.61. The van der Waals surface area contributed by atoms with Gasteiger partial charge in [0.15, 0.2) is 0 Å². The van der Waals surface area contributed by atoms with Crippen LogP contribution in [0.25, 0.3) is 0 Å². The van der Waals surface area contributed by atoms with Crippen molar-refractivity contribution < 1.29 is 9.21 Å². The number of carbonyl (C=O) groups is 1. The molecule has 110 valence electrons. The fraction of sp³-hybridized carbons (Fsp3) is 0.353. The van der Waals surface area contributed by atoms with Crippen LogP contribution in [-0.4, -0.2) is 6.03 Å². The Kier molecular flexibility index (Phi) is 3.69. The number of nitrogens with one attached hydrogen (secondary N) is 2. The predicted molar refractivity (Wildman–Crippen MR) is 82.5 cm³/mol. The van der Waals surface area contributed by atoms with Gasteiger partial charge >= 0.3 is 6.03 Å². The number of furan rings is 1. The Bertz CT molecular complexity index is 661. The summed E-state index contributed by atoms with van der Waals surface area (Å²) in [6.45, 7) is 3.79. The van der Waals surface area contributed by atoms with Crippen LogP contribution in [0.2, 0.25) is 0 Å². The Labute approximate surface area is 124 Å². The molecule has 0 spiro atoms. The third kappa shape index (κ3) is 3.10. The molecule has 4 nitrogen and oxygen atoms in total. The third-order valence-electron chi connectivity index (χ3n) is 3.89. The summed E-state index contributed by atoms with van der Waals surface area (Å²) in [7, 11) is 0. The molecule has 1 aliphatic carbocycles. The Morgan fingerprint density at radius 1 is 1.19 bits per heavy atom. The summed E-state index contributed by atoms with van der Waals surface area (Å²) >= 11 is 0. The van der Waals surface area contributed by atoms with Crippen molar-refractivity contribution in [3.05, 3.63) is 53.0 Å². The fourth-order valence-corrected chi connectivity index (χ4v) is 2.77. The van der Waals surface area contributed by atoms with Crippen molar-refractivity contribution in [2.45, 2.75) is 39.2 Å². The third-order valence-corrected chi connectivity index (χ3v) is 3.89. The number of anilines is 1. The number of amides is 2. The largest absolute Gasteiger partial charge is 0.464 e. The molecule has 0 bridgehead atoms. The highest BCUT2D eigenvalue weighted by Crippen LogP contribution is 2.25. The van der Waals surface area contributed by atoms with E-state index >= 15 is 0 Å². The molecule has 1 aromatic carbocycles. The van der Waals surface area contributed by atoms with Crippen molar-refractivity contribution in [1.29, 1.82) is 0 Å². The van der Waals surface area contributed by atoms with Gasteiger partial charge in [-0.2, -0.15) is 0 Å². The van der Waals surface area contributed by atoms with E-state index < -0.39 is 0 Å². The SMILES string of the molecule is Cc1ccc([C@H](C)NC(=O)Nc2ccc3c(c2)CCC3)o1. The quantitative estimate of drug-likeness (QED) is 0.896. The summed E-state index contributed by atoms with van der Waals surface area (Å²) in [5.41, 5.74) is 3.60. The average molecular weight is 284 g/mol. The van der Waals surface area contributed by atoms with Crippen LogP contribution in [0.15, 0.2) is 34.7 Å². The second kappa shape index (κ2) is 5.64. The van der Waals surface area contributed by atoms with E-state index in [2.05, 4.69) is 22.8 Å². The molecule has 0 unspecified atom stereocenters. The van der Waals surface area contributed by atoms with Crippen LogP contribution >= 0.6 is 0 Å².